The molecule has 6 atom stereocenters. The third kappa shape index (κ3) is 21.7. The molecule has 654 valence electrons. The lowest BCUT2D eigenvalue weighted by molar-refractivity contribution is -0.124. The smallest absolute Gasteiger partial charge is 0.294 e. The monoisotopic (exact) mass is 1610 g/mol. The van der Waals surface area contributed by atoms with Crippen LogP contribution in [-0.2, 0) is 93.2 Å². The highest BCUT2D eigenvalue weighted by molar-refractivity contribution is 5.26. The molecule has 23 heteroatoms. The van der Waals surface area contributed by atoms with E-state index >= 15 is 13.2 Å². The van der Waals surface area contributed by atoms with Gasteiger partial charge in [0, 0.05) is 57.0 Å². The molecule has 0 bridgehead atoms. The van der Waals surface area contributed by atoms with Crippen molar-refractivity contribution in [2.75, 3.05) is 27.3 Å². The third-order valence-electron chi connectivity index (χ3n) is 30.1. The molecule has 0 saturated heterocycles. The van der Waals surface area contributed by atoms with Gasteiger partial charge in [0.2, 0.25) is 0 Å². The Hall–Kier alpha value is -4.77. The van der Waals surface area contributed by atoms with E-state index in [9.17, 15) is 8.78 Å². The molecule has 0 spiro atoms. The molecule has 5 aromatic heterocycles. The van der Waals surface area contributed by atoms with Crippen LogP contribution in [0.3, 0.4) is 0 Å². The van der Waals surface area contributed by atoms with Gasteiger partial charge in [-0.05, 0) is 252 Å². The highest BCUT2D eigenvalue weighted by Crippen LogP contribution is 2.54. The maximum atomic E-state index is 16.4. The fraction of sp³-hybridized carbons (Fsp3) is 0.890. The van der Waals surface area contributed by atoms with E-state index in [0.717, 1.165) is 158 Å². The predicted molar refractivity (Wildman–Crippen MR) is 454 cm³/mol. The summed E-state index contributed by atoms with van der Waals surface area (Å²) in [4.78, 5) is 2.52. The van der Waals surface area contributed by atoms with E-state index in [-0.39, 0.29) is 57.6 Å². The van der Waals surface area contributed by atoms with Crippen LogP contribution in [0.25, 0.3) is 0 Å². The van der Waals surface area contributed by atoms with E-state index in [1.807, 2.05) is 67.0 Å². The molecular formula is C91H163F5N16O2. The molecule has 0 radical (unpaired) electrons. The average molecular weight is 1610 g/mol. The summed E-state index contributed by atoms with van der Waals surface area (Å²) in [5, 5.41) is 43.4. The lowest BCUT2D eigenvalue weighted by Crippen LogP contribution is -2.51. The zero-order valence-electron chi connectivity index (χ0n) is 78.2. The second-order valence-electron chi connectivity index (χ2n) is 40.9. The molecule has 5 aliphatic rings. The summed E-state index contributed by atoms with van der Waals surface area (Å²) >= 11 is 0. The van der Waals surface area contributed by atoms with Gasteiger partial charge < -0.3 is 9.47 Å². The van der Waals surface area contributed by atoms with Gasteiger partial charge in [-0.25, -0.2) is 27.8 Å². The van der Waals surface area contributed by atoms with Crippen LogP contribution in [0.1, 0.15) is 418 Å². The number of fused-ring (bicyclic) bond motifs is 5. The minimum absolute atomic E-state index is 0.0529. The first-order valence-electron chi connectivity index (χ1n) is 44.9. The molecule has 18 nitrogen and oxygen atoms in total. The summed E-state index contributed by atoms with van der Waals surface area (Å²) in [6, 6.07) is 0. The average Bonchev–Trinajstić information content (AvgIpc) is 1.52. The normalized spacial score (nSPS) is 22.5. The van der Waals surface area contributed by atoms with Gasteiger partial charge in [0.15, 0.2) is 5.67 Å². The van der Waals surface area contributed by atoms with Crippen molar-refractivity contribution in [2.45, 2.75) is 457 Å². The first-order valence-corrected chi connectivity index (χ1v) is 44.9. The third-order valence-corrected chi connectivity index (χ3v) is 30.1. The van der Waals surface area contributed by atoms with Crippen LogP contribution in [0.5, 0.6) is 0 Å². The molecule has 10 rings (SSSR count). The van der Waals surface area contributed by atoms with Crippen LogP contribution >= 0.6 is 0 Å². The van der Waals surface area contributed by atoms with Gasteiger partial charge in [-0.2, -0.15) is 17.6 Å². The van der Waals surface area contributed by atoms with Crippen molar-refractivity contribution in [1.82, 2.24) is 79.9 Å². The first kappa shape index (κ1) is 98.1. The second-order valence-corrected chi connectivity index (χ2v) is 40.9. The Labute approximate surface area is 688 Å². The fourth-order valence-corrected chi connectivity index (χ4v) is 17.2. The summed E-state index contributed by atoms with van der Waals surface area (Å²) in [5.74, 6) is -5.31. The zero-order valence-corrected chi connectivity index (χ0v) is 78.2. The summed E-state index contributed by atoms with van der Waals surface area (Å²) in [6.45, 7) is 66.0. The number of halogens is 5. The minimum atomic E-state index is -2.90. The van der Waals surface area contributed by atoms with Crippen LogP contribution in [0.4, 0.5) is 22.0 Å². The lowest BCUT2D eigenvalue weighted by Gasteiger charge is -2.43. The van der Waals surface area contributed by atoms with Crippen molar-refractivity contribution in [1.29, 1.82) is 0 Å². The molecule has 6 unspecified atom stereocenters. The van der Waals surface area contributed by atoms with E-state index < -0.39 is 45.3 Å². The molecule has 0 saturated carbocycles. The molecule has 114 heavy (non-hydrogen) atoms. The van der Waals surface area contributed by atoms with E-state index in [1.54, 1.807) is 14.2 Å². The van der Waals surface area contributed by atoms with E-state index in [4.69, 9.17) is 9.47 Å². The number of hydrogen-bond acceptors (Lipinski definition) is 13. The van der Waals surface area contributed by atoms with Crippen LogP contribution in [0.15, 0.2) is 0 Å². The van der Waals surface area contributed by atoms with E-state index in [0.29, 0.717) is 54.8 Å². The summed E-state index contributed by atoms with van der Waals surface area (Å²) < 4.78 is 98.5. The van der Waals surface area contributed by atoms with Gasteiger partial charge in [0.05, 0.1) is 61.9 Å². The Morgan fingerprint density at radius 1 is 0.360 bits per heavy atom. The number of hydrogen-bond donors (Lipinski definition) is 0. The number of nitrogens with zero attached hydrogens (tertiary/aromatic N) is 16. The summed E-state index contributed by atoms with van der Waals surface area (Å²) in [7, 11) is 3.50. The van der Waals surface area contributed by atoms with Gasteiger partial charge in [0.1, 0.15) is 35.0 Å². The summed E-state index contributed by atoms with van der Waals surface area (Å²) in [5.41, 5.74) is 4.91. The van der Waals surface area contributed by atoms with E-state index in [2.05, 4.69) is 211 Å². The predicted octanol–water partition coefficient (Wildman–Crippen LogP) is 23.6. The number of rotatable bonds is 22. The van der Waals surface area contributed by atoms with Crippen LogP contribution in [0, 0.1) is 39.4 Å². The van der Waals surface area contributed by atoms with Crippen LogP contribution in [0.2, 0.25) is 0 Å². The highest BCUT2D eigenvalue weighted by atomic mass is 19.3. The maximum Gasteiger partial charge on any atom is 0.294 e. The quantitative estimate of drug-likeness (QED) is 0.0599. The molecular weight excluding hydrogens is 1440 g/mol. The Bertz CT molecular complexity index is 3770. The Morgan fingerprint density at radius 2 is 0.781 bits per heavy atom. The summed E-state index contributed by atoms with van der Waals surface area (Å²) in [6.07, 6.45) is 25.5. The highest BCUT2D eigenvalue weighted by Gasteiger charge is 2.55. The number of methoxy groups -OCH3 is 2. The lowest BCUT2D eigenvalue weighted by atomic mass is 9.68. The van der Waals surface area contributed by atoms with Gasteiger partial charge in [-0.15, -0.1) is 25.5 Å². The largest absolute Gasteiger partial charge is 0.377 e. The van der Waals surface area contributed by atoms with Crippen molar-refractivity contribution >= 4 is 0 Å². The molecule has 6 heterocycles. The van der Waals surface area contributed by atoms with Crippen molar-refractivity contribution in [2.24, 2.45) is 39.4 Å². The van der Waals surface area contributed by atoms with Gasteiger partial charge in [-0.1, -0.05) is 183 Å². The van der Waals surface area contributed by atoms with Gasteiger partial charge in [0.25, 0.3) is 11.8 Å². The standard InChI is InChI=1S/C19H36N4O2.2C18H31F2N3.C18H32FN3.C18H33N3/c1-9-18(3,4)22-12-11-14-16(17(25-8)15(13-22)24-7)20-21-23(14)19(5,6)10-2;1-7-16(3,4)13-9-10-14-15(18(19,20)12-11-13)23(22-21-14)17(5,6)8-2;1-7-16(3,4)14-12-10-9-11-13-15(18(14,19)20)23(22-21-13)17(5,6)8-2;1-7-16(3,4)18(19)13-11-9-10-12-14-15(18)22(21-20-14)17(5,6)8-2;1-7-17(3,4)14-10-9-11-16-15(13-12-14)19-20-21(16)18(5,6)8-2/h15,17H,9-13H2,1-8H3;13H,7-12H2,1-6H3;14H,7-12H2,1-6H3;7-13H2,1-6H3;14H,7-13H2,1-6H3. The molecule has 0 N–H and O–H groups in total. The van der Waals surface area contributed by atoms with Crippen molar-refractivity contribution in [3.05, 3.63) is 56.9 Å². The van der Waals surface area contributed by atoms with Crippen molar-refractivity contribution < 1.29 is 31.4 Å². The SMILES string of the molecule is CCC(C)(C)C1CCCCc2nnn(C(C)(C)CC)c2C1(F)F.CCC(C)(C)C1CCCc2c(nnn2C(C)(C)CC)CC1.CCC(C)(C)C1CCc2nnn(C(C)(C)CC)c2C(F)(F)CC1.CCC(C)(C)N1CCc2c(nnn2C(C)(C)CC)C(OC)C(OC)C1.CCC(C)(C)n1nnc2c1C(F)(C(C)(C)CC)CCCCC2. The Balaban J connectivity index is 0.000000222. The van der Waals surface area contributed by atoms with Gasteiger partial charge in [-0.3, -0.25) is 4.90 Å². The van der Waals surface area contributed by atoms with E-state index in [1.165, 1.54) is 52.1 Å². The maximum absolute atomic E-state index is 16.4. The van der Waals surface area contributed by atoms with Crippen molar-refractivity contribution in [3.8, 4) is 0 Å². The Morgan fingerprint density at radius 3 is 1.26 bits per heavy atom. The van der Waals surface area contributed by atoms with Crippen molar-refractivity contribution in [3.63, 3.8) is 0 Å². The number of aryl methyl sites for hydroxylation is 4. The Kier molecular flexibility index (Phi) is 33.3. The van der Waals surface area contributed by atoms with Gasteiger partial charge >= 0.3 is 0 Å². The molecule has 0 aromatic carbocycles. The molecule has 5 aromatic rings. The molecule has 1 aliphatic heterocycles. The minimum Gasteiger partial charge on any atom is -0.377 e. The molecule has 4 aliphatic carbocycles. The number of aromatic nitrogens is 15. The second kappa shape index (κ2) is 38.7. The number of ether oxygens (including phenoxy) is 2. The number of alkyl halides is 5. The fourth-order valence-electron chi connectivity index (χ4n) is 17.2. The topological polar surface area (TPSA) is 175 Å². The molecule has 0 amide bonds. The first-order chi connectivity index (χ1) is 52.8. The molecule has 0 fully saturated rings. The zero-order chi connectivity index (χ0) is 86.0. The van der Waals surface area contributed by atoms with Crippen LogP contribution in [-0.4, -0.2) is 119 Å². The van der Waals surface area contributed by atoms with Crippen LogP contribution < -0.4 is 0 Å².